The van der Waals surface area contributed by atoms with Crippen LogP contribution in [-0.4, -0.2) is 25.3 Å². The molecule has 0 bridgehead atoms. The van der Waals surface area contributed by atoms with Crippen LogP contribution in [0.5, 0.6) is 0 Å². The largest absolute Gasteiger partial charge is 0.381 e. The van der Waals surface area contributed by atoms with Gasteiger partial charge in [0.15, 0.2) is 0 Å². The number of nitrogens with one attached hydrogen (secondary N) is 1. The fourth-order valence-corrected chi connectivity index (χ4v) is 2.28. The van der Waals surface area contributed by atoms with Crippen LogP contribution in [0, 0.1) is 11.8 Å². The highest BCUT2D eigenvalue weighted by molar-refractivity contribution is 4.78. The Balaban J connectivity index is 2.29. The highest BCUT2D eigenvalue weighted by Gasteiger charge is 2.22. The van der Waals surface area contributed by atoms with Gasteiger partial charge in [0.2, 0.25) is 0 Å². The molecule has 1 fully saturated rings. The molecule has 1 aliphatic rings. The molecule has 90 valence electrons. The summed E-state index contributed by atoms with van der Waals surface area (Å²) in [4.78, 5) is 0. The van der Waals surface area contributed by atoms with Gasteiger partial charge in [-0.3, -0.25) is 0 Å². The molecule has 2 heteroatoms. The Kier molecular flexibility index (Phi) is 5.62. The third kappa shape index (κ3) is 4.12. The van der Waals surface area contributed by atoms with Crippen LogP contribution in [0.4, 0.5) is 0 Å². The van der Waals surface area contributed by atoms with E-state index in [-0.39, 0.29) is 0 Å². The molecule has 1 aliphatic heterocycles. The summed E-state index contributed by atoms with van der Waals surface area (Å²) in [7, 11) is 0. The number of ether oxygens (including phenoxy) is 1. The lowest BCUT2D eigenvalue weighted by Gasteiger charge is -2.32. The second kappa shape index (κ2) is 6.49. The highest BCUT2D eigenvalue weighted by atomic mass is 16.5. The van der Waals surface area contributed by atoms with Gasteiger partial charge in [-0.1, -0.05) is 20.3 Å². The van der Waals surface area contributed by atoms with Crippen LogP contribution in [0.15, 0.2) is 0 Å². The maximum absolute atomic E-state index is 5.40. The van der Waals surface area contributed by atoms with E-state index < -0.39 is 0 Å². The normalized spacial score (nSPS) is 24.8. The molecule has 0 aromatic heterocycles. The van der Waals surface area contributed by atoms with Crippen LogP contribution >= 0.6 is 0 Å². The van der Waals surface area contributed by atoms with Gasteiger partial charge in [-0.2, -0.15) is 0 Å². The zero-order valence-electron chi connectivity index (χ0n) is 10.8. The Bertz CT molecular complexity index is 166. The van der Waals surface area contributed by atoms with Crippen LogP contribution < -0.4 is 5.32 Å². The lowest BCUT2D eigenvalue weighted by atomic mass is 9.91. The maximum atomic E-state index is 5.40. The lowest BCUT2D eigenvalue weighted by molar-refractivity contribution is 0.0536. The van der Waals surface area contributed by atoms with Gasteiger partial charge in [0.25, 0.3) is 0 Å². The van der Waals surface area contributed by atoms with Crippen LogP contribution in [0.1, 0.15) is 47.0 Å². The van der Waals surface area contributed by atoms with E-state index >= 15 is 0 Å². The van der Waals surface area contributed by atoms with Gasteiger partial charge in [0.1, 0.15) is 0 Å². The summed E-state index contributed by atoms with van der Waals surface area (Å²) in [6, 6.07) is 1.27. The summed E-state index contributed by atoms with van der Waals surface area (Å²) in [5.74, 6) is 1.58. The SMILES string of the molecule is CCC(C)C(C)NC(C)C1CCOCC1. The Morgan fingerprint density at radius 2 is 1.80 bits per heavy atom. The first-order valence-electron chi connectivity index (χ1n) is 6.49. The van der Waals surface area contributed by atoms with Gasteiger partial charge in [0, 0.05) is 25.3 Å². The summed E-state index contributed by atoms with van der Waals surface area (Å²) in [5.41, 5.74) is 0. The highest BCUT2D eigenvalue weighted by Crippen LogP contribution is 2.20. The van der Waals surface area contributed by atoms with Crippen molar-refractivity contribution in [3.8, 4) is 0 Å². The van der Waals surface area contributed by atoms with E-state index in [4.69, 9.17) is 4.74 Å². The molecular weight excluding hydrogens is 186 g/mol. The average Bonchev–Trinajstić information content (AvgIpc) is 2.29. The summed E-state index contributed by atoms with van der Waals surface area (Å²) in [6.45, 7) is 11.1. The second-order valence-corrected chi connectivity index (χ2v) is 5.08. The molecule has 1 saturated heterocycles. The van der Waals surface area contributed by atoms with Gasteiger partial charge in [-0.25, -0.2) is 0 Å². The fourth-order valence-electron chi connectivity index (χ4n) is 2.28. The molecule has 0 radical (unpaired) electrons. The van der Waals surface area contributed by atoms with Crippen molar-refractivity contribution in [2.45, 2.75) is 59.0 Å². The molecule has 1 rings (SSSR count). The predicted molar refractivity (Wildman–Crippen MR) is 65.1 cm³/mol. The molecule has 0 aliphatic carbocycles. The van der Waals surface area contributed by atoms with Crippen molar-refractivity contribution in [1.82, 2.24) is 5.32 Å². The van der Waals surface area contributed by atoms with Crippen molar-refractivity contribution in [1.29, 1.82) is 0 Å². The number of rotatable bonds is 5. The van der Waals surface area contributed by atoms with Gasteiger partial charge in [-0.15, -0.1) is 0 Å². The van der Waals surface area contributed by atoms with Crippen LogP contribution in [0.2, 0.25) is 0 Å². The zero-order chi connectivity index (χ0) is 11.3. The van der Waals surface area contributed by atoms with Gasteiger partial charge >= 0.3 is 0 Å². The standard InChI is InChI=1S/C13H27NO/c1-5-10(2)11(3)14-12(4)13-6-8-15-9-7-13/h10-14H,5-9H2,1-4H3. The molecule has 1 heterocycles. The van der Waals surface area contributed by atoms with Crippen molar-refractivity contribution in [2.24, 2.45) is 11.8 Å². The van der Waals surface area contributed by atoms with E-state index in [2.05, 4.69) is 33.0 Å². The van der Waals surface area contributed by atoms with E-state index in [9.17, 15) is 0 Å². The Hall–Kier alpha value is -0.0800. The Labute approximate surface area is 94.8 Å². The summed E-state index contributed by atoms with van der Waals surface area (Å²) < 4.78 is 5.40. The fraction of sp³-hybridized carbons (Fsp3) is 1.00. The van der Waals surface area contributed by atoms with E-state index in [0.29, 0.717) is 12.1 Å². The van der Waals surface area contributed by atoms with Crippen LogP contribution in [0.3, 0.4) is 0 Å². The van der Waals surface area contributed by atoms with Crippen LogP contribution in [0.25, 0.3) is 0 Å². The minimum Gasteiger partial charge on any atom is -0.381 e. The minimum absolute atomic E-state index is 0.632. The van der Waals surface area contributed by atoms with Crippen LogP contribution in [-0.2, 0) is 4.74 Å². The molecule has 3 unspecified atom stereocenters. The van der Waals surface area contributed by atoms with E-state index in [1.165, 1.54) is 19.3 Å². The molecule has 0 aromatic carbocycles. The van der Waals surface area contributed by atoms with Crippen molar-refractivity contribution in [3.05, 3.63) is 0 Å². The number of hydrogen-bond donors (Lipinski definition) is 1. The molecule has 3 atom stereocenters. The minimum atomic E-state index is 0.632. The zero-order valence-corrected chi connectivity index (χ0v) is 10.8. The van der Waals surface area contributed by atoms with E-state index in [0.717, 1.165) is 25.0 Å². The number of hydrogen-bond acceptors (Lipinski definition) is 2. The summed E-state index contributed by atoms with van der Waals surface area (Å²) in [5, 5.41) is 3.74. The summed E-state index contributed by atoms with van der Waals surface area (Å²) >= 11 is 0. The van der Waals surface area contributed by atoms with Crippen molar-refractivity contribution in [2.75, 3.05) is 13.2 Å². The molecule has 0 saturated carbocycles. The Morgan fingerprint density at radius 1 is 1.20 bits per heavy atom. The topological polar surface area (TPSA) is 21.3 Å². The molecule has 1 N–H and O–H groups in total. The monoisotopic (exact) mass is 213 g/mol. The van der Waals surface area contributed by atoms with Crippen molar-refractivity contribution < 1.29 is 4.74 Å². The van der Waals surface area contributed by atoms with Crippen molar-refractivity contribution in [3.63, 3.8) is 0 Å². The molecular formula is C13H27NO. The first-order valence-corrected chi connectivity index (χ1v) is 6.49. The van der Waals surface area contributed by atoms with Gasteiger partial charge in [0.05, 0.1) is 0 Å². The first kappa shape index (κ1) is 13.0. The van der Waals surface area contributed by atoms with Gasteiger partial charge in [-0.05, 0) is 38.5 Å². The summed E-state index contributed by atoms with van der Waals surface area (Å²) in [6.07, 6.45) is 3.71. The lowest BCUT2D eigenvalue weighted by Crippen LogP contribution is -2.43. The van der Waals surface area contributed by atoms with Crippen molar-refractivity contribution >= 4 is 0 Å². The molecule has 0 spiro atoms. The van der Waals surface area contributed by atoms with E-state index in [1.54, 1.807) is 0 Å². The molecule has 0 amide bonds. The molecule has 2 nitrogen and oxygen atoms in total. The maximum Gasteiger partial charge on any atom is 0.0469 e. The molecule has 15 heavy (non-hydrogen) atoms. The smallest absolute Gasteiger partial charge is 0.0469 e. The predicted octanol–water partition coefficient (Wildman–Crippen LogP) is 2.83. The van der Waals surface area contributed by atoms with Gasteiger partial charge < -0.3 is 10.1 Å². The van der Waals surface area contributed by atoms with E-state index in [1.807, 2.05) is 0 Å². The Morgan fingerprint density at radius 3 is 2.33 bits per heavy atom. The third-order valence-corrected chi connectivity index (χ3v) is 4.00. The first-order chi connectivity index (χ1) is 7.15. The quantitative estimate of drug-likeness (QED) is 0.758. The molecule has 0 aromatic rings. The third-order valence-electron chi connectivity index (χ3n) is 4.00. The second-order valence-electron chi connectivity index (χ2n) is 5.08. The average molecular weight is 213 g/mol.